The zero-order valence-electron chi connectivity index (χ0n) is 11.8. The van der Waals surface area contributed by atoms with E-state index in [0.717, 1.165) is 17.5 Å². The van der Waals surface area contributed by atoms with Gasteiger partial charge in [-0.3, -0.25) is 0 Å². The lowest BCUT2D eigenvalue weighted by atomic mass is 9.83. The molecule has 3 aromatic carbocycles. The highest BCUT2D eigenvalue weighted by atomic mass is 19.1. The Morgan fingerprint density at radius 3 is 2.43 bits per heavy atom. The van der Waals surface area contributed by atoms with Crippen LogP contribution in [-0.4, -0.2) is 22.4 Å². The van der Waals surface area contributed by atoms with Gasteiger partial charge in [0.05, 0.1) is 0 Å². The van der Waals surface area contributed by atoms with Gasteiger partial charge < -0.3 is 14.9 Å². The number of hydrogen-bond acceptors (Lipinski definition) is 3. The number of hydrogen-bond donors (Lipinski definition) is 2. The molecule has 0 unspecified atom stereocenters. The summed E-state index contributed by atoms with van der Waals surface area (Å²) in [5.74, 6) is -1.01. The SMILES string of the molecule is O[C@@H]1[C@H]2O[C@H]2c2c(ccc3ccc4c(F)ccc(F)c4c23)[C@H]1O. The lowest BCUT2D eigenvalue weighted by molar-refractivity contribution is 0.000109. The van der Waals surface area contributed by atoms with Gasteiger partial charge in [-0.05, 0) is 34.0 Å². The van der Waals surface area contributed by atoms with E-state index in [2.05, 4.69) is 0 Å². The van der Waals surface area contributed by atoms with Crippen molar-refractivity contribution in [3.63, 3.8) is 0 Å². The minimum atomic E-state index is -1.09. The number of ether oxygens (including phenoxy) is 1. The second-order valence-corrected chi connectivity index (χ2v) is 6.14. The Morgan fingerprint density at radius 2 is 1.61 bits per heavy atom. The van der Waals surface area contributed by atoms with Crippen LogP contribution in [-0.2, 0) is 4.74 Å². The van der Waals surface area contributed by atoms with Gasteiger partial charge in [0.1, 0.15) is 36.1 Å². The number of halogens is 2. The third-order valence-corrected chi connectivity index (χ3v) is 4.92. The average molecular weight is 314 g/mol. The fraction of sp³-hybridized carbons (Fsp3) is 0.222. The quantitative estimate of drug-likeness (QED) is 0.495. The molecule has 5 heteroatoms. The van der Waals surface area contributed by atoms with Crippen LogP contribution in [0, 0.1) is 11.6 Å². The summed E-state index contributed by atoms with van der Waals surface area (Å²) >= 11 is 0. The van der Waals surface area contributed by atoms with E-state index in [4.69, 9.17) is 4.74 Å². The second kappa shape index (κ2) is 4.26. The number of epoxide rings is 1. The normalized spacial score (nSPS) is 28.7. The number of rotatable bonds is 0. The van der Waals surface area contributed by atoms with Gasteiger partial charge in [-0.2, -0.15) is 0 Å². The third-order valence-electron chi connectivity index (χ3n) is 4.92. The molecule has 5 rings (SSSR count). The van der Waals surface area contributed by atoms with Gasteiger partial charge in [0.25, 0.3) is 0 Å². The molecule has 4 atom stereocenters. The molecule has 1 aliphatic heterocycles. The van der Waals surface area contributed by atoms with E-state index in [9.17, 15) is 19.0 Å². The fourth-order valence-electron chi connectivity index (χ4n) is 3.77. The molecule has 23 heavy (non-hydrogen) atoms. The molecule has 116 valence electrons. The number of aliphatic hydroxyl groups is 2. The maximum absolute atomic E-state index is 14.5. The van der Waals surface area contributed by atoms with Crippen LogP contribution in [0.15, 0.2) is 36.4 Å². The van der Waals surface area contributed by atoms with Crippen molar-refractivity contribution in [2.24, 2.45) is 0 Å². The molecule has 0 radical (unpaired) electrons. The van der Waals surface area contributed by atoms with Crippen LogP contribution in [0.4, 0.5) is 8.78 Å². The van der Waals surface area contributed by atoms with E-state index in [1.807, 2.05) is 0 Å². The summed E-state index contributed by atoms with van der Waals surface area (Å²) in [4.78, 5) is 0. The highest BCUT2D eigenvalue weighted by Crippen LogP contribution is 2.53. The summed E-state index contributed by atoms with van der Waals surface area (Å²) in [6.07, 6.45) is -2.97. The molecule has 1 heterocycles. The molecule has 0 amide bonds. The highest BCUT2D eigenvalue weighted by Gasteiger charge is 2.54. The molecule has 1 saturated heterocycles. The van der Waals surface area contributed by atoms with Crippen molar-refractivity contribution in [3.8, 4) is 0 Å². The molecule has 0 aromatic heterocycles. The Balaban J connectivity index is 1.99. The zero-order chi connectivity index (χ0) is 15.9. The molecule has 1 fully saturated rings. The first-order valence-electron chi connectivity index (χ1n) is 7.43. The van der Waals surface area contributed by atoms with Crippen LogP contribution < -0.4 is 0 Å². The summed E-state index contributed by atoms with van der Waals surface area (Å²) in [6.45, 7) is 0. The molecule has 0 bridgehead atoms. The standard InChI is InChI=1S/C18H12F2O3/c19-10-5-6-11(20)13-8(10)3-1-7-2-4-9-14(12(7)13)17-18(23-17)16(22)15(9)21/h1-6,15-18,21-22H/t15-,16+,17+,18-/m1/s1. The van der Waals surface area contributed by atoms with Crippen LogP contribution in [0.2, 0.25) is 0 Å². The van der Waals surface area contributed by atoms with Crippen LogP contribution in [0.25, 0.3) is 21.5 Å². The van der Waals surface area contributed by atoms with Gasteiger partial charge in [0.15, 0.2) is 0 Å². The molecule has 3 aromatic rings. The zero-order valence-corrected chi connectivity index (χ0v) is 11.8. The van der Waals surface area contributed by atoms with Crippen LogP contribution >= 0.6 is 0 Å². The molecule has 3 nitrogen and oxygen atoms in total. The van der Waals surface area contributed by atoms with Gasteiger partial charge in [-0.15, -0.1) is 0 Å². The summed E-state index contributed by atoms with van der Waals surface area (Å²) in [7, 11) is 0. The molecule has 2 aliphatic rings. The van der Waals surface area contributed by atoms with Crippen molar-refractivity contribution < 1.29 is 23.7 Å². The van der Waals surface area contributed by atoms with Crippen molar-refractivity contribution in [3.05, 3.63) is 59.2 Å². The predicted octanol–water partition coefficient (Wildman–Crippen LogP) is 3.12. The molecular formula is C18H12F2O3. The minimum Gasteiger partial charge on any atom is -0.387 e. The van der Waals surface area contributed by atoms with Crippen molar-refractivity contribution in [2.75, 3.05) is 0 Å². The summed E-state index contributed by atoms with van der Waals surface area (Å²) in [5.41, 5.74) is 1.17. The van der Waals surface area contributed by atoms with E-state index in [-0.39, 0.29) is 16.9 Å². The molecular weight excluding hydrogens is 302 g/mol. The Hall–Kier alpha value is -2.08. The topological polar surface area (TPSA) is 53.0 Å². The van der Waals surface area contributed by atoms with E-state index in [1.165, 1.54) is 0 Å². The monoisotopic (exact) mass is 314 g/mol. The lowest BCUT2D eigenvalue weighted by Gasteiger charge is -2.25. The number of aliphatic hydroxyl groups excluding tert-OH is 2. The fourth-order valence-corrected chi connectivity index (χ4v) is 3.77. The smallest absolute Gasteiger partial charge is 0.131 e. The van der Waals surface area contributed by atoms with Crippen LogP contribution in [0.5, 0.6) is 0 Å². The highest BCUT2D eigenvalue weighted by molar-refractivity contribution is 6.10. The number of fused-ring (bicyclic) bond motifs is 7. The molecule has 0 spiro atoms. The van der Waals surface area contributed by atoms with Crippen molar-refractivity contribution in [1.29, 1.82) is 0 Å². The molecule has 1 aliphatic carbocycles. The van der Waals surface area contributed by atoms with Gasteiger partial charge in [0, 0.05) is 10.8 Å². The largest absolute Gasteiger partial charge is 0.387 e. The second-order valence-electron chi connectivity index (χ2n) is 6.14. The number of benzene rings is 3. The maximum atomic E-state index is 14.5. The van der Waals surface area contributed by atoms with E-state index in [1.54, 1.807) is 24.3 Å². The van der Waals surface area contributed by atoms with E-state index in [0.29, 0.717) is 16.5 Å². The van der Waals surface area contributed by atoms with Crippen LogP contribution in [0.1, 0.15) is 23.3 Å². The van der Waals surface area contributed by atoms with E-state index >= 15 is 0 Å². The summed E-state index contributed by atoms with van der Waals surface area (Å²) in [5, 5.41) is 22.0. The first kappa shape index (κ1) is 13.4. The predicted molar refractivity (Wildman–Crippen MR) is 80.0 cm³/mol. The third kappa shape index (κ3) is 1.62. The Bertz CT molecular complexity index is 985. The van der Waals surface area contributed by atoms with Gasteiger partial charge >= 0.3 is 0 Å². The van der Waals surface area contributed by atoms with Gasteiger partial charge in [-0.1, -0.05) is 24.3 Å². The lowest BCUT2D eigenvalue weighted by Crippen LogP contribution is -2.29. The molecule has 0 saturated carbocycles. The van der Waals surface area contributed by atoms with Crippen molar-refractivity contribution in [1.82, 2.24) is 0 Å². The van der Waals surface area contributed by atoms with Crippen molar-refractivity contribution >= 4 is 21.5 Å². The van der Waals surface area contributed by atoms with Gasteiger partial charge in [0.2, 0.25) is 0 Å². The van der Waals surface area contributed by atoms with Crippen molar-refractivity contribution in [2.45, 2.75) is 24.4 Å². The Morgan fingerprint density at radius 1 is 0.870 bits per heavy atom. The first-order chi connectivity index (χ1) is 11.1. The molecule has 2 N–H and O–H groups in total. The Labute approximate surface area is 129 Å². The Kier molecular flexibility index (Phi) is 2.48. The van der Waals surface area contributed by atoms with Crippen LogP contribution in [0.3, 0.4) is 0 Å². The maximum Gasteiger partial charge on any atom is 0.131 e. The minimum absolute atomic E-state index is 0.192. The first-order valence-corrected chi connectivity index (χ1v) is 7.43. The summed E-state index contributed by atoms with van der Waals surface area (Å²) in [6, 6.07) is 8.96. The van der Waals surface area contributed by atoms with E-state index < -0.39 is 29.9 Å². The summed E-state index contributed by atoms with van der Waals surface area (Å²) < 4.78 is 34.0. The van der Waals surface area contributed by atoms with Gasteiger partial charge in [-0.25, -0.2) is 8.78 Å². The average Bonchev–Trinajstić information content (AvgIpc) is 3.35.